The SMILES string of the molecule is COc1ccc2c(c1)C[C@@H](O)[C@H]2Cl. The molecule has 0 aliphatic heterocycles. The second-order valence-electron chi connectivity index (χ2n) is 3.24. The van der Waals surface area contributed by atoms with Gasteiger partial charge in [-0.1, -0.05) is 6.07 Å². The highest BCUT2D eigenvalue weighted by atomic mass is 35.5. The number of benzene rings is 1. The maximum absolute atomic E-state index is 9.51. The van der Waals surface area contributed by atoms with E-state index >= 15 is 0 Å². The van der Waals surface area contributed by atoms with Crippen LogP contribution in [0, 0.1) is 0 Å². The Bertz CT molecular complexity index is 325. The molecule has 0 saturated carbocycles. The normalized spacial score (nSPS) is 25.8. The molecular formula is C10H11ClO2. The minimum absolute atomic E-state index is 0.263. The van der Waals surface area contributed by atoms with Crippen molar-refractivity contribution in [3.05, 3.63) is 29.3 Å². The monoisotopic (exact) mass is 198 g/mol. The fourth-order valence-corrected chi connectivity index (χ4v) is 1.99. The van der Waals surface area contributed by atoms with Crippen molar-refractivity contribution in [2.24, 2.45) is 0 Å². The lowest BCUT2D eigenvalue weighted by molar-refractivity contribution is 0.182. The summed E-state index contributed by atoms with van der Waals surface area (Å²) >= 11 is 6.00. The molecule has 0 spiro atoms. The zero-order chi connectivity index (χ0) is 9.42. The van der Waals surface area contributed by atoms with E-state index in [2.05, 4.69) is 0 Å². The first kappa shape index (κ1) is 8.85. The number of hydrogen-bond donors (Lipinski definition) is 1. The average Bonchev–Trinajstić information content (AvgIpc) is 2.42. The highest BCUT2D eigenvalue weighted by molar-refractivity contribution is 6.21. The Morgan fingerprint density at radius 3 is 3.00 bits per heavy atom. The molecule has 0 bridgehead atoms. The van der Waals surface area contributed by atoms with Gasteiger partial charge in [-0.3, -0.25) is 0 Å². The van der Waals surface area contributed by atoms with E-state index < -0.39 is 6.10 Å². The molecule has 1 N–H and O–H groups in total. The molecular weight excluding hydrogens is 188 g/mol. The van der Waals surface area contributed by atoms with E-state index in [4.69, 9.17) is 16.3 Å². The predicted molar refractivity (Wildman–Crippen MR) is 51.3 cm³/mol. The summed E-state index contributed by atoms with van der Waals surface area (Å²) in [5.74, 6) is 0.816. The van der Waals surface area contributed by atoms with Gasteiger partial charge in [0.25, 0.3) is 0 Å². The second kappa shape index (κ2) is 3.20. The van der Waals surface area contributed by atoms with Crippen LogP contribution in [0.2, 0.25) is 0 Å². The summed E-state index contributed by atoms with van der Waals surface area (Å²) in [7, 11) is 1.63. The largest absolute Gasteiger partial charge is 0.497 e. The zero-order valence-electron chi connectivity index (χ0n) is 7.33. The molecule has 0 amide bonds. The molecule has 1 aliphatic carbocycles. The summed E-state index contributed by atoms with van der Waals surface area (Å²) in [6.07, 6.45) is 0.171. The Morgan fingerprint density at radius 2 is 2.31 bits per heavy atom. The number of halogens is 1. The van der Waals surface area contributed by atoms with Gasteiger partial charge in [0.2, 0.25) is 0 Å². The molecule has 0 heterocycles. The third-order valence-corrected chi connectivity index (χ3v) is 2.94. The maximum Gasteiger partial charge on any atom is 0.119 e. The first-order chi connectivity index (χ1) is 6.22. The van der Waals surface area contributed by atoms with Crippen LogP contribution in [-0.2, 0) is 6.42 Å². The molecule has 2 nitrogen and oxygen atoms in total. The number of hydrogen-bond acceptors (Lipinski definition) is 2. The molecule has 3 heteroatoms. The van der Waals surface area contributed by atoms with Crippen LogP contribution in [0.3, 0.4) is 0 Å². The number of fused-ring (bicyclic) bond motifs is 1. The van der Waals surface area contributed by atoms with Gasteiger partial charge in [0.05, 0.1) is 18.6 Å². The first-order valence-electron chi connectivity index (χ1n) is 4.21. The number of rotatable bonds is 1. The molecule has 0 saturated heterocycles. The smallest absolute Gasteiger partial charge is 0.119 e. The van der Waals surface area contributed by atoms with Crippen LogP contribution < -0.4 is 4.74 Å². The van der Waals surface area contributed by atoms with Crippen molar-refractivity contribution in [1.29, 1.82) is 0 Å². The molecule has 13 heavy (non-hydrogen) atoms. The molecule has 0 radical (unpaired) electrons. The summed E-state index contributed by atoms with van der Waals surface area (Å²) < 4.78 is 5.09. The van der Waals surface area contributed by atoms with Gasteiger partial charge >= 0.3 is 0 Å². The number of aliphatic hydroxyl groups excluding tert-OH is 1. The fourth-order valence-electron chi connectivity index (χ4n) is 1.69. The Kier molecular flexibility index (Phi) is 2.18. The van der Waals surface area contributed by atoms with Gasteiger partial charge in [-0.25, -0.2) is 0 Å². The molecule has 2 rings (SSSR count). The van der Waals surface area contributed by atoms with Crippen molar-refractivity contribution >= 4 is 11.6 Å². The summed E-state index contributed by atoms with van der Waals surface area (Å²) in [4.78, 5) is 0. The standard InChI is InChI=1S/C10H11ClO2/c1-13-7-2-3-8-6(4-7)5-9(12)10(8)11/h2-4,9-10,12H,5H2,1H3/t9-,10+/m1/s1. The van der Waals surface area contributed by atoms with Gasteiger partial charge < -0.3 is 9.84 Å². The first-order valence-corrected chi connectivity index (χ1v) is 4.65. The van der Waals surface area contributed by atoms with Crippen molar-refractivity contribution in [3.8, 4) is 5.75 Å². The maximum atomic E-state index is 9.51. The molecule has 0 unspecified atom stereocenters. The third-order valence-electron chi connectivity index (χ3n) is 2.41. The minimum atomic E-state index is -0.455. The number of aliphatic hydroxyl groups is 1. The van der Waals surface area contributed by atoms with Crippen molar-refractivity contribution in [3.63, 3.8) is 0 Å². The van der Waals surface area contributed by atoms with Crippen LogP contribution in [-0.4, -0.2) is 18.3 Å². The van der Waals surface area contributed by atoms with E-state index in [1.165, 1.54) is 0 Å². The van der Waals surface area contributed by atoms with E-state index in [-0.39, 0.29) is 5.38 Å². The van der Waals surface area contributed by atoms with Crippen molar-refractivity contribution in [2.75, 3.05) is 7.11 Å². The van der Waals surface area contributed by atoms with Gasteiger partial charge in [0.1, 0.15) is 5.75 Å². The van der Waals surface area contributed by atoms with Gasteiger partial charge in [0, 0.05) is 6.42 Å². The van der Waals surface area contributed by atoms with E-state index in [0.29, 0.717) is 6.42 Å². The van der Waals surface area contributed by atoms with Crippen LogP contribution in [0.4, 0.5) is 0 Å². The lowest BCUT2D eigenvalue weighted by Crippen LogP contribution is -2.07. The lowest BCUT2D eigenvalue weighted by Gasteiger charge is -2.06. The van der Waals surface area contributed by atoms with E-state index in [9.17, 15) is 5.11 Å². The van der Waals surface area contributed by atoms with Crippen LogP contribution in [0.25, 0.3) is 0 Å². The Hall–Kier alpha value is -0.730. The molecule has 0 aromatic heterocycles. The van der Waals surface area contributed by atoms with Crippen LogP contribution in [0.5, 0.6) is 5.75 Å². The average molecular weight is 199 g/mol. The zero-order valence-corrected chi connectivity index (χ0v) is 8.08. The molecule has 1 aliphatic rings. The van der Waals surface area contributed by atoms with E-state index in [1.807, 2.05) is 18.2 Å². The Balaban J connectivity index is 2.40. The molecule has 0 fully saturated rings. The second-order valence-corrected chi connectivity index (χ2v) is 3.71. The van der Waals surface area contributed by atoms with Gasteiger partial charge in [-0.05, 0) is 23.3 Å². The quantitative estimate of drug-likeness (QED) is 0.699. The summed E-state index contributed by atoms with van der Waals surface area (Å²) in [5.41, 5.74) is 2.11. The minimum Gasteiger partial charge on any atom is -0.497 e. The van der Waals surface area contributed by atoms with Crippen molar-refractivity contribution in [2.45, 2.75) is 17.9 Å². The number of alkyl halides is 1. The van der Waals surface area contributed by atoms with Crippen LogP contribution in [0.1, 0.15) is 16.5 Å². The summed E-state index contributed by atoms with van der Waals surface area (Å²) in [5, 5.41) is 9.25. The highest BCUT2D eigenvalue weighted by Gasteiger charge is 2.29. The fraction of sp³-hybridized carbons (Fsp3) is 0.400. The van der Waals surface area contributed by atoms with Crippen molar-refractivity contribution in [1.82, 2.24) is 0 Å². The molecule has 2 atom stereocenters. The third kappa shape index (κ3) is 1.40. The van der Waals surface area contributed by atoms with Gasteiger partial charge in [-0.2, -0.15) is 0 Å². The van der Waals surface area contributed by atoms with Crippen molar-refractivity contribution < 1.29 is 9.84 Å². The highest BCUT2D eigenvalue weighted by Crippen LogP contribution is 2.37. The lowest BCUT2D eigenvalue weighted by atomic mass is 10.1. The predicted octanol–water partition coefficient (Wildman–Crippen LogP) is 1.89. The summed E-state index contributed by atoms with van der Waals surface area (Å²) in [6.45, 7) is 0. The van der Waals surface area contributed by atoms with Gasteiger partial charge in [0.15, 0.2) is 0 Å². The number of methoxy groups -OCH3 is 1. The summed E-state index contributed by atoms with van der Waals surface area (Å²) in [6, 6.07) is 5.72. The number of ether oxygens (including phenoxy) is 1. The molecule has 1 aromatic rings. The Labute approximate surface area is 82.1 Å². The van der Waals surface area contributed by atoms with Crippen LogP contribution in [0.15, 0.2) is 18.2 Å². The van der Waals surface area contributed by atoms with E-state index in [0.717, 1.165) is 16.9 Å². The van der Waals surface area contributed by atoms with E-state index in [1.54, 1.807) is 7.11 Å². The molecule has 1 aromatic carbocycles. The van der Waals surface area contributed by atoms with Gasteiger partial charge in [-0.15, -0.1) is 11.6 Å². The molecule has 70 valence electrons. The van der Waals surface area contributed by atoms with Crippen LogP contribution >= 0.6 is 11.6 Å². The Morgan fingerprint density at radius 1 is 1.54 bits per heavy atom. The topological polar surface area (TPSA) is 29.5 Å².